The molecule has 1 aromatic carbocycles. The van der Waals surface area contributed by atoms with Gasteiger partial charge in [-0.2, -0.15) is 0 Å². The Bertz CT molecular complexity index is 617. The van der Waals surface area contributed by atoms with Gasteiger partial charge in [-0.25, -0.2) is 0 Å². The Morgan fingerprint density at radius 2 is 2.09 bits per heavy atom. The first-order valence-corrected chi connectivity index (χ1v) is 8.85. The molecule has 118 valence electrons. The van der Waals surface area contributed by atoms with Gasteiger partial charge >= 0.3 is 0 Å². The molecule has 8 heteroatoms. The van der Waals surface area contributed by atoms with Gasteiger partial charge in [0.2, 0.25) is 5.13 Å². The van der Waals surface area contributed by atoms with E-state index < -0.39 is 0 Å². The van der Waals surface area contributed by atoms with E-state index in [-0.39, 0.29) is 12.5 Å². The van der Waals surface area contributed by atoms with E-state index in [1.54, 1.807) is 36.0 Å². The van der Waals surface area contributed by atoms with E-state index in [4.69, 9.17) is 16.3 Å². The Kier molecular flexibility index (Phi) is 6.48. The topological polar surface area (TPSA) is 64.1 Å². The zero-order valence-electron chi connectivity index (χ0n) is 12.2. The first-order chi connectivity index (χ1) is 10.5. The Hall–Kier alpha value is -1.31. The lowest BCUT2D eigenvalue weighted by molar-refractivity contribution is -0.118. The van der Waals surface area contributed by atoms with E-state index in [0.717, 1.165) is 10.1 Å². The van der Waals surface area contributed by atoms with E-state index in [1.165, 1.54) is 11.3 Å². The van der Waals surface area contributed by atoms with Crippen molar-refractivity contribution in [3.8, 4) is 5.75 Å². The average molecular weight is 358 g/mol. The van der Waals surface area contributed by atoms with Crippen LogP contribution in [0.2, 0.25) is 5.02 Å². The minimum absolute atomic E-state index is 0.0876. The number of ether oxygens (including phenoxy) is 1. The van der Waals surface area contributed by atoms with Crippen LogP contribution in [0.5, 0.6) is 5.75 Å². The molecular weight excluding hydrogens is 342 g/mol. The summed E-state index contributed by atoms with van der Waals surface area (Å²) >= 11 is 8.78. The fourth-order valence-corrected chi connectivity index (χ4v) is 3.26. The molecule has 0 unspecified atom stereocenters. The highest BCUT2D eigenvalue weighted by molar-refractivity contribution is 8.01. The second-order valence-corrected chi connectivity index (χ2v) is 7.55. The lowest BCUT2D eigenvalue weighted by Crippen LogP contribution is -2.20. The molecule has 1 aromatic heterocycles. The van der Waals surface area contributed by atoms with Crippen molar-refractivity contribution in [2.45, 2.75) is 18.2 Å². The number of nitrogens with zero attached hydrogens (tertiary/aromatic N) is 2. The molecule has 0 aliphatic carbocycles. The second kappa shape index (κ2) is 8.36. The Labute approximate surface area is 142 Å². The number of rotatable bonds is 7. The summed E-state index contributed by atoms with van der Waals surface area (Å²) in [7, 11) is 0. The van der Waals surface area contributed by atoms with Crippen LogP contribution in [0.15, 0.2) is 28.6 Å². The molecule has 1 heterocycles. The van der Waals surface area contributed by atoms with Crippen molar-refractivity contribution in [2.75, 3.05) is 17.7 Å². The predicted molar refractivity (Wildman–Crippen MR) is 91.0 cm³/mol. The van der Waals surface area contributed by atoms with Crippen molar-refractivity contribution in [1.29, 1.82) is 0 Å². The summed E-state index contributed by atoms with van der Waals surface area (Å²) in [6, 6.07) is 6.83. The van der Waals surface area contributed by atoms with Crippen molar-refractivity contribution in [1.82, 2.24) is 10.2 Å². The van der Waals surface area contributed by atoms with Crippen molar-refractivity contribution in [3.05, 3.63) is 29.3 Å². The van der Waals surface area contributed by atoms with Crippen molar-refractivity contribution >= 4 is 45.7 Å². The summed E-state index contributed by atoms with van der Waals surface area (Å²) in [6.45, 7) is 4.20. The van der Waals surface area contributed by atoms with Crippen LogP contribution in [-0.4, -0.2) is 28.5 Å². The third-order valence-electron chi connectivity index (χ3n) is 2.38. The maximum atomic E-state index is 11.8. The maximum absolute atomic E-state index is 11.8. The molecule has 0 saturated heterocycles. The number of aromatic nitrogens is 2. The average Bonchev–Trinajstić information content (AvgIpc) is 2.92. The molecule has 1 N–H and O–H groups in total. The summed E-state index contributed by atoms with van der Waals surface area (Å²) in [5.74, 6) is 1.87. The zero-order valence-corrected chi connectivity index (χ0v) is 14.6. The number of hydrogen-bond acceptors (Lipinski definition) is 6. The van der Waals surface area contributed by atoms with Crippen LogP contribution >= 0.6 is 34.7 Å². The SMILES string of the molecule is CC(C)CSc1nnc(NC(=O)COc2ccc(Cl)cc2)s1. The first kappa shape index (κ1) is 17.1. The molecule has 1 amide bonds. The lowest BCUT2D eigenvalue weighted by atomic mass is 10.3. The van der Waals surface area contributed by atoms with Crippen LogP contribution in [0.25, 0.3) is 0 Å². The highest BCUT2D eigenvalue weighted by Gasteiger charge is 2.10. The summed E-state index contributed by atoms with van der Waals surface area (Å²) in [6.07, 6.45) is 0. The van der Waals surface area contributed by atoms with Crippen molar-refractivity contribution in [3.63, 3.8) is 0 Å². The third-order valence-corrected chi connectivity index (χ3v) is 5.03. The highest BCUT2D eigenvalue weighted by atomic mass is 35.5. The Morgan fingerprint density at radius 1 is 1.36 bits per heavy atom. The van der Waals surface area contributed by atoms with Crippen molar-refractivity contribution in [2.24, 2.45) is 5.92 Å². The van der Waals surface area contributed by atoms with Crippen molar-refractivity contribution < 1.29 is 9.53 Å². The van der Waals surface area contributed by atoms with E-state index >= 15 is 0 Å². The van der Waals surface area contributed by atoms with Gasteiger partial charge in [-0.1, -0.05) is 48.5 Å². The zero-order chi connectivity index (χ0) is 15.9. The van der Waals surface area contributed by atoms with Crippen LogP contribution in [0.3, 0.4) is 0 Å². The molecule has 0 atom stereocenters. The minimum atomic E-state index is -0.272. The van der Waals surface area contributed by atoms with Gasteiger partial charge in [0.25, 0.3) is 5.91 Å². The van der Waals surface area contributed by atoms with Gasteiger partial charge in [-0.05, 0) is 30.2 Å². The fourth-order valence-electron chi connectivity index (χ4n) is 1.39. The smallest absolute Gasteiger partial charge is 0.264 e. The quantitative estimate of drug-likeness (QED) is 0.600. The molecule has 22 heavy (non-hydrogen) atoms. The second-order valence-electron chi connectivity index (χ2n) is 4.87. The summed E-state index contributed by atoms with van der Waals surface area (Å²) in [5, 5.41) is 11.8. The molecule has 0 bridgehead atoms. The fraction of sp³-hybridized carbons (Fsp3) is 0.357. The van der Waals surface area contributed by atoms with Gasteiger partial charge in [0.05, 0.1) is 0 Å². The first-order valence-electron chi connectivity index (χ1n) is 6.67. The van der Waals surface area contributed by atoms with Gasteiger partial charge < -0.3 is 4.74 Å². The molecule has 0 saturated carbocycles. The van der Waals surface area contributed by atoms with Crippen LogP contribution in [0, 0.1) is 5.92 Å². The standard InChI is InChI=1S/C14H16ClN3O2S2/c1-9(2)8-21-14-18-17-13(22-14)16-12(19)7-20-11-5-3-10(15)4-6-11/h3-6,9H,7-8H2,1-2H3,(H,16,17,19). The number of thioether (sulfide) groups is 1. The summed E-state index contributed by atoms with van der Waals surface area (Å²) in [5.41, 5.74) is 0. The van der Waals surface area contributed by atoms with Crippen LogP contribution in [0.4, 0.5) is 5.13 Å². The number of nitrogens with one attached hydrogen (secondary N) is 1. The summed E-state index contributed by atoms with van der Waals surface area (Å²) in [4.78, 5) is 11.8. The molecule has 5 nitrogen and oxygen atoms in total. The third kappa shape index (κ3) is 5.82. The number of halogens is 1. The molecule has 0 fully saturated rings. The van der Waals surface area contributed by atoms with Gasteiger partial charge in [0.15, 0.2) is 10.9 Å². The molecular formula is C14H16ClN3O2S2. The largest absolute Gasteiger partial charge is 0.484 e. The van der Waals surface area contributed by atoms with Gasteiger partial charge in [0.1, 0.15) is 5.75 Å². The van der Waals surface area contributed by atoms with E-state index in [0.29, 0.717) is 21.8 Å². The lowest BCUT2D eigenvalue weighted by Gasteiger charge is -2.05. The van der Waals surface area contributed by atoms with E-state index in [9.17, 15) is 4.79 Å². The normalized spacial score (nSPS) is 10.7. The molecule has 2 rings (SSSR count). The number of carbonyl (C=O) groups is 1. The minimum Gasteiger partial charge on any atom is -0.484 e. The Balaban J connectivity index is 1.78. The summed E-state index contributed by atoms with van der Waals surface area (Å²) < 4.78 is 6.21. The number of amides is 1. The predicted octanol–water partition coefficient (Wildman–Crippen LogP) is 3.96. The van der Waals surface area contributed by atoms with Gasteiger partial charge in [-0.3, -0.25) is 10.1 Å². The maximum Gasteiger partial charge on any atom is 0.264 e. The highest BCUT2D eigenvalue weighted by Crippen LogP contribution is 2.26. The van der Waals surface area contributed by atoms with Crippen LogP contribution < -0.4 is 10.1 Å². The van der Waals surface area contributed by atoms with Crippen LogP contribution in [0.1, 0.15) is 13.8 Å². The van der Waals surface area contributed by atoms with Crippen LogP contribution in [-0.2, 0) is 4.79 Å². The van der Waals surface area contributed by atoms with Gasteiger partial charge in [0, 0.05) is 10.8 Å². The number of carbonyl (C=O) groups excluding carboxylic acids is 1. The molecule has 0 aliphatic rings. The molecule has 0 aliphatic heterocycles. The molecule has 2 aromatic rings. The van der Waals surface area contributed by atoms with Gasteiger partial charge in [-0.15, -0.1) is 10.2 Å². The number of hydrogen-bond donors (Lipinski definition) is 1. The molecule has 0 radical (unpaired) electrons. The van der Waals surface area contributed by atoms with E-state index in [1.807, 2.05) is 0 Å². The molecule has 0 spiro atoms. The number of benzene rings is 1. The Morgan fingerprint density at radius 3 is 2.77 bits per heavy atom. The monoisotopic (exact) mass is 357 g/mol. The number of anilines is 1. The van der Waals surface area contributed by atoms with E-state index in [2.05, 4.69) is 29.4 Å².